The average Bonchev–Trinajstić information content (AvgIpc) is 2.84. The highest BCUT2D eigenvalue weighted by atomic mass is 35.5. The summed E-state index contributed by atoms with van der Waals surface area (Å²) in [6, 6.07) is 6.09. The summed E-state index contributed by atoms with van der Waals surface area (Å²) >= 11 is 5.76. The van der Waals surface area contributed by atoms with Crippen molar-refractivity contribution in [3.05, 3.63) is 46.7 Å². The fourth-order valence-corrected chi connectivity index (χ4v) is 2.12. The number of benzene rings is 1. The van der Waals surface area contributed by atoms with Crippen LogP contribution in [0.15, 0.2) is 30.5 Å². The van der Waals surface area contributed by atoms with Gasteiger partial charge in [0.15, 0.2) is 5.69 Å². The minimum absolute atomic E-state index is 0.130. The smallest absolute Gasteiger partial charge is 0.313 e. The first kappa shape index (κ1) is 15.9. The molecular formula is C14H15ClF3N3. The zero-order valence-corrected chi connectivity index (χ0v) is 12.2. The monoisotopic (exact) mass is 317 g/mol. The summed E-state index contributed by atoms with van der Waals surface area (Å²) in [6.45, 7) is 2.74. The Kier molecular flexibility index (Phi) is 4.90. The van der Waals surface area contributed by atoms with Crippen LogP contribution in [0.4, 0.5) is 13.2 Å². The van der Waals surface area contributed by atoms with Crippen LogP contribution in [0.2, 0.25) is 5.02 Å². The average molecular weight is 318 g/mol. The SMILES string of the molecule is CCCNCc1cnn(-c2ccc(Cl)cc2)c1C(F)(F)F. The number of hydrogen-bond donors (Lipinski definition) is 1. The number of aromatic nitrogens is 2. The summed E-state index contributed by atoms with van der Waals surface area (Å²) in [4.78, 5) is 0. The summed E-state index contributed by atoms with van der Waals surface area (Å²) in [5.41, 5.74) is -0.298. The molecule has 0 aliphatic heterocycles. The largest absolute Gasteiger partial charge is 0.433 e. The van der Waals surface area contributed by atoms with E-state index in [2.05, 4.69) is 10.4 Å². The van der Waals surface area contributed by atoms with E-state index in [0.717, 1.165) is 11.1 Å². The molecule has 2 rings (SSSR count). The van der Waals surface area contributed by atoms with Crippen LogP contribution in [0.1, 0.15) is 24.6 Å². The maximum absolute atomic E-state index is 13.3. The molecule has 0 saturated heterocycles. The Labute approximate surface area is 125 Å². The molecule has 3 nitrogen and oxygen atoms in total. The van der Waals surface area contributed by atoms with E-state index in [1.165, 1.54) is 30.5 Å². The summed E-state index contributed by atoms with van der Waals surface area (Å²) in [6.07, 6.45) is -2.37. The van der Waals surface area contributed by atoms with Crippen LogP contribution >= 0.6 is 11.6 Å². The molecule has 0 bridgehead atoms. The van der Waals surface area contributed by atoms with Crippen LogP contribution in [0.5, 0.6) is 0 Å². The van der Waals surface area contributed by atoms with Crippen LogP contribution in [-0.2, 0) is 12.7 Å². The molecule has 7 heteroatoms. The van der Waals surface area contributed by atoms with Gasteiger partial charge in [-0.15, -0.1) is 0 Å². The van der Waals surface area contributed by atoms with Crippen molar-refractivity contribution in [1.82, 2.24) is 15.1 Å². The van der Waals surface area contributed by atoms with Crippen LogP contribution < -0.4 is 5.32 Å². The van der Waals surface area contributed by atoms with Gasteiger partial charge in [-0.25, -0.2) is 4.68 Å². The van der Waals surface area contributed by atoms with Gasteiger partial charge in [-0.2, -0.15) is 18.3 Å². The quantitative estimate of drug-likeness (QED) is 0.843. The molecule has 1 aromatic heterocycles. The molecule has 114 valence electrons. The molecule has 0 saturated carbocycles. The van der Waals surface area contributed by atoms with E-state index in [-0.39, 0.29) is 12.1 Å². The lowest BCUT2D eigenvalue weighted by Crippen LogP contribution is -2.20. The van der Waals surface area contributed by atoms with Gasteiger partial charge in [0, 0.05) is 17.1 Å². The second-order valence-corrected chi connectivity index (χ2v) is 5.02. The maximum Gasteiger partial charge on any atom is 0.433 e. The lowest BCUT2D eigenvalue weighted by atomic mass is 10.2. The number of nitrogens with zero attached hydrogens (tertiary/aromatic N) is 2. The van der Waals surface area contributed by atoms with Gasteiger partial charge in [-0.05, 0) is 37.2 Å². The molecule has 0 atom stereocenters. The summed E-state index contributed by atoms with van der Waals surface area (Å²) in [5, 5.41) is 7.30. The number of halogens is 4. The van der Waals surface area contributed by atoms with Crippen molar-refractivity contribution in [2.75, 3.05) is 6.54 Å². The highest BCUT2D eigenvalue weighted by molar-refractivity contribution is 6.30. The van der Waals surface area contributed by atoms with Gasteiger partial charge in [0.1, 0.15) is 0 Å². The number of nitrogens with one attached hydrogen (secondary N) is 1. The van der Waals surface area contributed by atoms with Gasteiger partial charge in [0.25, 0.3) is 0 Å². The molecule has 0 aliphatic carbocycles. The maximum atomic E-state index is 13.3. The Morgan fingerprint density at radius 2 is 1.90 bits per heavy atom. The predicted octanol–water partition coefficient (Wildman–Crippen LogP) is 4.04. The van der Waals surface area contributed by atoms with Gasteiger partial charge in [0.05, 0.1) is 11.9 Å². The highest BCUT2D eigenvalue weighted by Gasteiger charge is 2.38. The first-order valence-electron chi connectivity index (χ1n) is 6.54. The Hall–Kier alpha value is -1.53. The standard InChI is InChI=1S/C14H15ClF3N3/c1-2-7-19-8-10-9-20-21(13(10)14(16,17)18)12-5-3-11(15)4-6-12/h3-6,9,19H,2,7-8H2,1H3. The van der Waals surface area contributed by atoms with E-state index < -0.39 is 11.9 Å². The highest BCUT2D eigenvalue weighted by Crippen LogP contribution is 2.33. The normalized spacial score (nSPS) is 11.9. The lowest BCUT2D eigenvalue weighted by molar-refractivity contribution is -0.143. The van der Waals surface area contributed by atoms with Crippen LogP contribution in [0, 0.1) is 0 Å². The van der Waals surface area contributed by atoms with Gasteiger partial charge >= 0.3 is 6.18 Å². The van der Waals surface area contributed by atoms with E-state index in [9.17, 15) is 13.2 Å². The molecular weight excluding hydrogens is 303 g/mol. The molecule has 1 heterocycles. The van der Waals surface area contributed by atoms with Crippen LogP contribution in [-0.4, -0.2) is 16.3 Å². The molecule has 1 N–H and O–H groups in total. The van der Waals surface area contributed by atoms with Crippen molar-refractivity contribution >= 4 is 11.6 Å². The number of rotatable bonds is 5. The second-order valence-electron chi connectivity index (χ2n) is 4.58. The summed E-state index contributed by atoms with van der Waals surface area (Å²) in [5.74, 6) is 0. The van der Waals surface area contributed by atoms with E-state index in [4.69, 9.17) is 11.6 Å². The van der Waals surface area contributed by atoms with Crippen molar-refractivity contribution in [3.8, 4) is 5.69 Å². The third-order valence-electron chi connectivity index (χ3n) is 2.93. The van der Waals surface area contributed by atoms with Crippen LogP contribution in [0.3, 0.4) is 0 Å². The van der Waals surface area contributed by atoms with Gasteiger partial charge in [0.2, 0.25) is 0 Å². The van der Waals surface area contributed by atoms with Crippen molar-refractivity contribution in [1.29, 1.82) is 0 Å². The Morgan fingerprint density at radius 1 is 1.24 bits per heavy atom. The first-order chi connectivity index (χ1) is 9.93. The van der Waals surface area contributed by atoms with Crippen molar-refractivity contribution in [2.45, 2.75) is 26.1 Å². The third kappa shape index (κ3) is 3.77. The van der Waals surface area contributed by atoms with E-state index in [1.807, 2.05) is 6.92 Å². The molecule has 0 aliphatic rings. The first-order valence-corrected chi connectivity index (χ1v) is 6.92. The zero-order valence-electron chi connectivity index (χ0n) is 11.4. The minimum Gasteiger partial charge on any atom is -0.313 e. The number of hydrogen-bond acceptors (Lipinski definition) is 2. The second kappa shape index (κ2) is 6.49. The minimum atomic E-state index is -4.47. The molecule has 0 radical (unpaired) electrons. The fourth-order valence-electron chi connectivity index (χ4n) is 1.99. The van der Waals surface area contributed by atoms with E-state index >= 15 is 0 Å². The molecule has 2 aromatic rings. The fraction of sp³-hybridized carbons (Fsp3) is 0.357. The molecule has 0 unspecified atom stereocenters. The molecule has 1 aromatic carbocycles. The predicted molar refractivity (Wildman–Crippen MR) is 75.6 cm³/mol. The summed E-state index contributed by atoms with van der Waals surface area (Å²) < 4.78 is 40.8. The lowest BCUT2D eigenvalue weighted by Gasteiger charge is -2.13. The number of alkyl halides is 3. The third-order valence-corrected chi connectivity index (χ3v) is 3.18. The Balaban J connectivity index is 2.39. The van der Waals surface area contributed by atoms with E-state index in [1.54, 1.807) is 0 Å². The topological polar surface area (TPSA) is 29.9 Å². The summed E-state index contributed by atoms with van der Waals surface area (Å²) in [7, 11) is 0. The van der Waals surface area contributed by atoms with E-state index in [0.29, 0.717) is 17.3 Å². The Bertz CT molecular complexity index is 591. The molecule has 21 heavy (non-hydrogen) atoms. The van der Waals surface area contributed by atoms with Gasteiger partial charge in [-0.1, -0.05) is 18.5 Å². The van der Waals surface area contributed by atoms with Crippen molar-refractivity contribution in [3.63, 3.8) is 0 Å². The zero-order chi connectivity index (χ0) is 15.5. The van der Waals surface area contributed by atoms with Crippen molar-refractivity contribution < 1.29 is 13.2 Å². The molecule has 0 spiro atoms. The van der Waals surface area contributed by atoms with Gasteiger partial charge < -0.3 is 5.32 Å². The Morgan fingerprint density at radius 3 is 2.48 bits per heavy atom. The van der Waals surface area contributed by atoms with Crippen molar-refractivity contribution in [2.24, 2.45) is 0 Å². The molecule has 0 amide bonds. The van der Waals surface area contributed by atoms with Crippen LogP contribution in [0.25, 0.3) is 5.69 Å². The molecule has 0 fully saturated rings. The van der Waals surface area contributed by atoms with Gasteiger partial charge in [-0.3, -0.25) is 0 Å².